The Morgan fingerprint density at radius 2 is 1.89 bits per heavy atom. The van der Waals surface area contributed by atoms with E-state index in [1.807, 2.05) is 48.2 Å². The minimum Gasteiger partial charge on any atom is -0.493 e. The number of benzene rings is 2. The zero-order valence-electron chi connectivity index (χ0n) is 15.8. The molecule has 27 heavy (non-hydrogen) atoms. The first-order valence-electron chi connectivity index (χ1n) is 8.92. The molecule has 0 unspecified atom stereocenters. The highest BCUT2D eigenvalue weighted by Gasteiger charge is 2.35. The van der Waals surface area contributed by atoms with Gasteiger partial charge in [0.25, 0.3) is 5.91 Å². The van der Waals surface area contributed by atoms with E-state index in [0.29, 0.717) is 31.1 Å². The first-order chi connectivity index (χ1) is 12.6. The molecule has 6 heteroatoms. The molecule has 0 aliphatic carbocycles. The lowest BCUT2D eigenvalue weighted by molar-refractivity contribution is -0.132. The molecule has 2 aromatic rings. The van der Waals surface area contributed by atoms with E-state index in [4.69, 9.17) is 15.2 Å². The molecule has 3 rings (SSSR count). The molecular weight excluding hydrogens is 364 g/mol. The van der Waals surface area contributed by atoms with Crippen LogP contribution in [-0.4, -0.2) is 44.2 Å². The second-order valence-electron chi connectivity index (χ2n) is 6.75. The van der Waals surface area contributed by atoms with Crippen molar-refractivity contribution in [2.45, 2.75) is 12.8 Å². The summed E-state index contributed by atoms with van der Waals surface area (Å²) in [5, 5.41) is 0. The Morgan fingerprint density at radius 1 is 1.15 bits per heavy atom. The molecular formula is C21H27ClN2O3. The van der Waals surface area contributed by atoms with Crippen LogP contribution < -0.4 is 15.2 Å². The van der Waals surface area contributed by atoms with E-state index in [9.17, 15) is 4.79 Å². The Labute approximate surface area is 166 Å². The zero-order chi connectivity index (χ0) is 18.5. The lowest BCUT2D eigenvalue weighted by Gasteiger charge is -2.18. The van der Waals surface area contributed by atoms with Gasteiger partial charge >= 0.3 is 0 Å². The van der Waals surface area contributed by atoms with Crippen LogP contribution in [0.25, 0.3) is 0 Å². The number of hydrogen-bond acceptors (Lipinski definition) is 4. The van der Waals surface area contributed by atoms with E-state index in [0.717, 1.165) is 5.56 Å². The van der Waals surface area contributed by atoms with Crippen LogP contribution in [0.3, 0.4) is 0 Å². The minimum absolute atomic E-state index is 0. The summed E-state index contributed by atoms with van der Waals surface area (Å²) in [5.74, 6) is 1.75. The quantitative estimate of drug-likeness (QED) is 0.823. The Bertz CT molecular complexity index is 754. The van der Waals surface area contributed by atoms with Crippen molar-refractivity contribution < 1.29 is 14.3 Å². The van der Waals surface area contributed by atoms with Crippen LogP contribution >= 0.6 is 12.4 Å². The van der Waals surface area contributed by atoms with Gasteiger partial charge in [-0.1, -0.05) is 36.4 Å². The van der Waals surface area contributed by atoms with E-state index in [2.05, 4.69) is 12.1 Å². The number of rotatable bonds is 6. The van der Waals surface area contributed by atoms with Crippen LogP contribution in [-0.2, 0) is 4.79 Å². The number of halogens is 1. The first-order valence-corrected chi connectivity index (χ1v) is 8.92. The van der Waals surface area contributed by atoms with Crippen molar-refractivity contribution in [2.24, 2.45) is 11.7 Å². The van der Waals surface area contributed by atoms with Gasteiger partial charge in [-0.25, -0.2) is 0 Å². The maximum Gasteiger partial charge on any atom is 0.260 e. The van der Waals surface area contributed by atoms with E-state index in [1.54, 1.807) is 7.11 Å². The third kappa shape index (κ3) is 4.93. The van der Waals surface area contributed by atoms with E-state index < -0.39 is 0 Å². The average Bonchev–Trinajstić information content (AvgIpc) is 3.12. The second kappa shape index (κ2) is 9.62. The average molecular weight is 391 g/mol. The number of hydrogen-bond donors (Lipinski definition) is 1. The predicted molar refractivity (Wildman–Crippen MR) is 109 cm³/mol. The lowest BCUT2D eigenvalue weighted by atomic mass is 9.89. The van der Waals surface area contributed by atoms with Crippen molar-refractivity contribution in [1.29, 1.82) is 0 Å². The van der Waals surface area contributed by atoms with Crippen LogP contribution in [0.2, 0.25) is 0 Å². The Hall–Kier alpha value is -2.24. The summed E-state index contributed by atoms with van der Waals surface area (Å²) in [4.78, 5) is 14.5. The van der Waals surface area contributed by atoms with Gasteiger partial charge in [0.1, 0.15) is 0 Å². The molecule has 0 spiro atoms. The fraction of sp³-hybridized carbons (Fsp3) is 0.381. The molecule has 2 N–H and O–H groups in total. The maximum atomic E-state index is 12.6. The molecule has 2 aromatic carbocycles. The third-order valence-corrected chi connectivity index (χ3v) is 4.99. The summed E-state index contributed by atoms with van der Waals surface area (Å²) in [7, 11) is 1.60. The monoisotopic (exact) mass is 390 g/mol. The Balaban J connectivity index is 0.00000261. The first kappa shape index (κ1) is 21.1. The number of methoxy groups -OCH3 is 1. The zero-order valence-corrected chi connectivity index (χ0v) is 16.6. The summed E-state index contributed by atoms with van der Waals surface area (Å²) in [6.45, 7) is 3.90. The number of likely N-dealkylation sites (tertiary alicyclic amines) is 1. The number of carbonyl (C=O) groups excluding carboxylic acids is 1. The smallest absolute Gasteiger partial charge is 0.260 e. The Kier molecular flexibility index (Phi) is 7.51. The molecule has 5 nitrogen and oxygen atoms in total. The van der Waals surface area contributed by atoms with Gasteiger partial charge in [-0.15, -0.1) is 12.4 Å². The molecule has 1 fully saturated rings. The molecule has 146 valence electrons. The number of ether oxygens (including phenoxy) is 2. The molecule has 0 aromatic heterocycles. The Morgan fingerprint density at radius 3 is 2.56 bits per heavy atom. The number of nitrogens with two attached hydrogens (primary N) is 1. The normalized spacial score (nSPS) is 18.7. The molecule has 1 aliphatic heterocycles. The van der Waals surface area contributed by atoms with Gasteiger partial charge in [0.15, 0.2) is 18.1 Å². The summed E-state index contributed by atoms with van der Waals surface area (Å²) >= 11 is 0. The minimum atomic E-state index is -0.0236. The molecule has 0 bridgehead atoms. The number of nitrogens with zero attached hydrogens (tertiary/aromatic N) is 1. The van der Waals surface area contributed by atoms with Crippen molar-refractivity contribution in [3.05, 3.63) is 59.7 Å². The summed E-state index contributed by atoms with van der Waals surface area (Å²) in [5.41, 5.74) is 8.27. The van der Waals surface area contributed by atoms with Crippen molar-refractivity contribution in [2.75, 3.05) is 33.4 Å². The molecule has 0 radical (unpaired) electrons. The van der Waals surface area contributed by atoms with E-state index in [-0.39, 0.29) is 36.8 Å². The van der Waals surface area contributed by atoms with Gasteiger partial charge in [0.2, 0.25) is 0 Å². The third-order valence-electron chi connectivity index (χ3n) is 4.99. The summed E-state index contributed by atoms with van der Waals surface area (Å²) < 4.78 is 11.0. The van der Waals surface area contributed by atoms with Gasteiger partial charge in [0, 0.05) is 19.0 Å². The summed E-state index contributed by atoms with van der Waals surface area (Å²) in [6.07, 6.45) is 0. The van der Waals surface area contributed by atoms with Gasteiger partial charge < -0.3 is 20.1 Å². The van der Waals surface area contributed by atoms with Gasteiger partial charge in [0.05, 0.1) is 7.11 Å². The maximum absolute atomic E-state index is 12.6. The summed E-state index contributed by atoms with van der Waals surface area (Å²) in [6, 6.07) is 15.9. The largest absolute Gasteiger partial charge is 0.493 e. The van der Waals surface area contributed by atoms with Gasteiger partial charge in [-0.3, -0.25) is 4.79 Å². The van der Waals surface area contributed by atoms with Crippen LogP contribution in [0, 0.1) is 12.8 Å². The highest BCUT2D eigenvalue weighted by Crippen LogP contribution is 2.32. The highest BCUT2D eigenvalue weighted by molar-refractivity contribution is 5.85. The fourth-order valence-corrected chi connectivity index (χ4v) is 3.52. The highest BCUT2D eigenvalue weighted by atomic mass is 35.5. The van der Waals surface area contributed by atoms with Crippen molar-refractivity contribution in [3.8, 4) is 11.5 Å². The standard InChI is InChI=1S/C21H26N2O3.ClH/c1-15-8-9-19(20(10-15)25-2)26-14-21(24)23-12-17(11-22)18(13-23)16-6-4-3-5-7-16;/h3-10,17-18H,11-14,22H2,1-2H3;1H/t17-,18+;/m1./s1. The molecule has 0 saturated carbocycles. The van der Waals surface area contributed by atoms with Gasteiger partial charge in [-0.2, -0.15) is 0 Å². The number of aryl methyl sites for hydroxylation is 1. The van der Waals surface area contributed by atoms with Crippen molar-refractivity contribution in [1.82, 2.24) is 4.90 Å². The predicted octanol–water partition coefficient (Wildman–Crippen LogP) is 3.01. The molecule has 1 aliphatic rings. The van der Waals surface area contributed by atoms with Crippen LogP contribution in [0.15, 0.2) is 48.5 Å². The SMILES string of the molecule is COc1cc(C)ccc1OCC(=O)N1C[C@@H](CN)[C@H](c2ccccc2)C1.Cl. The van der Waals surface area contributed by atoms with Crippen LogP contribution in [0.4, 0.5) is 0 Å². The molecule has 1 heterocycles. The fourth-order valence-electron chi connectivity index (χ4n) is 3.52. The van der Waals surface area contributed by atoms with Crippen LogP contribution in [0.1, 0.15) is 17.0 Å². The van der Waals surface area contributed by atoms with Crippen LogP contribution in [0.5, 0.6) is 11.5 Å². The lowest BCUT2D eigenvalue weighted by Crippen LogP contribution is -2.33. The molecule has 1 saturated heterocycles. The van der Waals surface area contributed by atoms with E-state index in [1.165, 1.54) is 5.56 Å². The number of carbonyl (C=O) groups is 1. The molecule has 2 atom stereocenters. The van der Waals surface area contributed by atoms with Crippen molar-refractivity contribution in [3.63, 3.8) is 0 Å². The second-order valence-corrected chi connectivity index (χ2v) is 6.75. The van der Waals surface area contributed by atoms with Gasteiger partial charge in [-0.05, 0) is 42.6 Å². The topological polar surface area (TPSA) is 64.8 Å². The van der Waals surface area contributed by atoms with Crippen molar-refractivity contribution >= 4 is 18.3 Å². The van der Waals surface area contributed by atoms with E-state index >= 15 is 0 Å². The molecule has 1 amide bonds. The number of amides is 1.